The molecule has 4 N–H and O–H groups in total. The number of fused-ring (bicyclic) bond motifs is 1. The number of amides is 2. The molecule has 2 aromatic rings. The number of hydrogen-bond donors (Lipinski definition) is 4. The molecule has 1 heterocycles. The van der Waals surface area contributed by atoms with E-state index < -0.39 is 12.0 Å². The van der Waals surface area contributed by atoms with Crippen molar-refractivity contribution in [2.75, 3.05) is 0 Å². The lowest BCUT2D eigenvalue weighted by Crippen LogP contribution is -2.49. The summed E-state index contributed by atoms with van der Waals surface area (Å²) in [6, 6.07) is 6.73. The fourth-order valence-electron chi connectivity index (χ4n) is 2.73. The molecule has 0 aliphatic carbocycles. The molecular weight excluding hydrogens is 322 g/mol. The zero-order valence-corrected chi connectivity index (χ0v) is 14.3. The Kier molecular flexibility index (Phi) is 6.16. The molecule has 2 amide bonds. The average Bonchev–Trinajstić information content (AvgIpc) is 2.95. The van der Waals surface area contributed by atoms with Crippen molar-refractivity contribution < 1.29 is 19.5 Å². The summed E-state index contributed by atoms with van der Waals surface area (Å²) in [7, 11) is 0. The molecule has 2 atom stereocenters. The minimum Gasteiger partial charge on any atom is -0.481 e. The normalized spacial score (nSPS) is 13.2. The van der Waals surface area contributed by atoms with Gasteiger partial charge in [0.05, 0.1) is 0 Å². The van der Waals surface area contributed by atoms with Gasteiger partial charge in [0.2, 0.25) is 11.8 Å². The molecule has 7 nitrogen and oxygen atoms in total. The van der Waals surface area contributed by atoms with E-state index in [2.05, 4.69) is 15.6 Å². The first kappa shape index (κ1) is 18.5. The average molecular weight is 345 g/mol. The van der Waals surface area contributed by atoms with E-state index in [0.29, 0.717) is 12.8 Å². The number of benzene rings is 1. The Labute approximate surface area is 145 Å². The predicted molar refractivity (Wildman–Crippen MR) is 94.1 cm³/mol. The number of para-hydroxylation sites is 1. The van der Waals surface area contributed by atoms with E-state index in [1.807, 2.05) is 30.5 Å². The highest BCUT2D eigenvalue weighted by atomic mass is 16.4. The number of rotatable bonds is 8. The number of H-pyrrole nitrogens is 1. The van der Waals surface area contributed by atoms with Gasteiger partial charge in [-0.3, -0.25) is 14.4 Å². The Hall–Kier alpha value is -2.83. The molecule has 134 valence electrons. The van der Waals surface area contributed by atoms with Crippen molar-refractivity contribution >= 4 is 28.7 Å². The zero-order valence-electron chi connectivity index (χ0n) is 14.3. The number of carbonyl (C=O) groups excluding carboxylic acids is 2. The lowest BCUT2D eigenvalue weighted by Gasteiger charge is -2.20. The third kappa shape index (κ3) is 5.34. The minimum atomic E-state index is -0.904. The van der Waals surface area contributed by atoms with Gasteiger partial charge in [-0.05, 0) is 25.0 Å². The van der Waals surface area contributed by atoms with Crippen molar-refractivity contribution in [1.29, 1.82) is 0 Å². The first-order chi connectivity index (χ1) is 11.9. The molecule has 1 aromatic carbocycles. The molecule has 0 radical (unpaired) electrons. The molecule has 0 spiro atoms. The Morgan fingerprint density at radius 3 is 2.60 bits per heavy atom. The van der Waals surface area contributed by atoms with Gasteiger partial charge >= 0.3 is 5.97 Å². The van der Waals surface area contributed by atoms with Crippen molar-refractivity contribution in [3.8, 4) is 0 Å². The molecule has 0 saturated carbocycles. The van der Waals surface area contributed by atoms with Gasteiger partial charge in [-0.15, -0.1) is 0 Å². The van der Waals surface area contributed by atoms with E-state index in [1.165, 1.54) is 6.92 Å². The number of carboxylic acids is 1. The summed E-state index contributed by atoms with van der Waals surface area (Å²) in [5.74, 6) is -1.52. The third-order valence-corrected chi connectivity index (χ3v) is 3.97. The summed E-state index contributed by atoms with van der Waals surface area (Å²) in [4.78, 5) is 37.8. The van der Waals surface area contributed by atoms with Crippen molar-refractivity contribution in [3.63, 3.8) is 0 Å². The lowest BCUT2D eigenvalue weighted by molar-refractivity contribution is -0.137. The Balaban J connectivity index is 2.08. The maximum absolute atomic E-state index is 12.5. The molecule has 2 rings (SSSR count). The van der Waals surface area contributed by atoms with Gasteiger partial charge in [-0.2, -0.15) is 0 Å². The predicted octanol–water partition coefficient (Wildman–Crippen LogP) is 1.58. The Morgan fingerprint density at radius 2 is 1.92 bits per heavy atom. The van der Waals surface area contributed by atoms with E-state index in [-0.39, 0.29) is 24.3 Å². The van der Waals surface area contributed by atoms with Gasteiger partial charge in [-0.25, -0.2) is 0 Å². The molecule has 0 aliphatic rings. The maximum Gasteiger partial charge on any atom is 0.303 e. The van der Waals surface area contributed by atoms with Gasteiger partial charge in [0.15, 0.2) is 0 Å². The second-order valence-corrected chi connectivity index (χ2v) is 6.16. The molecule has 2 unspecified atom stereocenters. The van der Waals surface area contributed by atoms with Crippen molar-refractivity contribution in [2.45, 2.75) is 45.2 Å². The summed E-state index contributed by atoms with van der Waals surface area (Å²) in [6.07, 6.45) is 2.50. The molecule has 0 fully saturated rings. The number of aromatic nitrogens is 1. The fourth-order valence-corrected chi connectivity index (χ4v) is 2.73. The number of carboxylic acid groups (broad SMARTS) is 1. The molecule has 0 aliphatic heterocycles. The van der Waals surface area contributed by atoms with Crippen LogP contribution in [0, 0.1) is 0 Å². The minimum absolute atomic E-state index is 0.0191. The van der Waals surface area contributed by atoms with E-state index in [1.54, 1.807) is 6.92 Å². The van der Waals surface area contributed by atoms with Gasteiger partial charge in [0.25, 0.3) is 0 Å². The standard InChI is InChI=1S/C18H23N3O4/c1-11(7-8-17(23)24)20-18(25)16(21-12(2)22)9-13-10-19-15-6-4-3-5-14(13)15/h3-6,10-11,16,19H,7-9H2,1-2H3,(H,20,25)(H,21,22)(H,23,24). The van der Waals surface area contributed by atoms with Crippen LogP contribution in [0.25, 0.3) is 10.9 Å². The Bertz CT molecular complexity index is 769. The first-order valence-electron chi connectivity index (χ1n) is 8.21. The lowest BCUT2D eigenvalue weighted by atomic mass is 10.0. The molecule has 0 saturated heterocycles. The highest BCUT2D eigenvalue weighted by Gasteiger charge is 2.22. The monoisotopic (exact) mass is 345 g/mol. The van der Waals surface area contributed by atoms with E-state index in [4.69, 9.17) is 5.11 Å². The van der Waals surface area contributed by atoms with Gasteiger partial charge in [0.1, 0.15) is 6.04 Å². The molecule has 1 aromatic heterocycles. The van der Waals surface area contributed by atoms with Crippen molar-refractivity contribution in [3.05, 3.63) is 36.0 Å². The molecular formula is C18H23N3O4. The van der Waals surface area contributed by atoms with E-state index in [9.17, 15) is 14.4 Å². The van der Waals surface area contributed by atoms with Crippen molar-refractivity contribution in [1.82, 2.24) is 15.6 Å². The van der Waals surface area contributed by atoms with Crippen LogP contribution in [-0.2, 0) is 20.8 Å². The van der Waals surface area contributed by atoms with Crippen molar-refractivity contribution in [2.24, 2.45) is 0 Å². The van der Waals surface area contributed by atoms with Crippen LogP contribution in [0.2, 0.25) is 0 Å². The van der Waals surface area contributed by atoms with Crippen LogP contribution in [-0.4, -0.2) is 40.0 Å². The second kappa shape index (κ2) is 8.32. The summed E-state index contributed by atoms with van der Waals surface area (Å²) in [5, 5.41) is 15.2. The summed E-state index contributed by atoms with van der Waals surface area (Å²) < 4.78 is 0. The molecule has 7 heteroatoms. The van der Waals surface area contributed by atoms with E-state index >= 15 is 0 Å². The summed E-state index contributed by atoms with van der Waals surface area (Å²) in [6.45, 7) is 3.11. The first-order valence-corrected chi connectivity index (χ1v) is 8.21. The van der Waals surface area contributed by atoms with Gasteiger partial charge < -0.3 is 20.7 Å². The highest BCUT2D eigenvalue weighted by molar-refractivity contribution is 5.89. The van der Waals surface area contributed by atoms with Crippen LogP contribution in [0.3, 0.4) is 0 Å². The Morgan fingerprint density at radius 1 is 1.20 bits per heavy atom. The topological polar surface area (TPSA) is 111 Å². The van der Waals surface area contributed by atoms with Gasteiger partial charge in [-0.1, -0.05) is 18.2 Å². The van der Waals surface area contributed by atoms with Crippen LogP contribution in [0.15, 0.2) is 30.5 Å². The SMILES string of the molecule is CC(=O)NC(Cc1c[nH]c2ccccc12)C(=O)NC(C)CCC(=O)O. The van der Waals surface area contributed by atoms with Crippen LogP contribution < -0.4 is 10.6 Å². The smallest absolute Gasteiger partial charge is 0.303 e. The number of aromatic amines is 1. The van der Waals surface area contributed by atoms with E-state index in [0.717, 1.165) is 16.5 Å². The van der Waals surface area contributed by atoms with Gasteiger partial charge in [0, 0.05) is 42.9 Å². The van der Waals surface area contributed by atoms with Crippen LogP contribution in [0.1, 0.15) is 32.3 Å². The highest BCUT2D eigenvalue weighted by Crippen LogP contribution is 2.19. The number of nitrogens with one attached hydrogen (secondary N) is 3. The van der Waals surface area contributed by atoms with Crippen LogP contribution >= 0.6 is 0 Å². The quantitative estimate of drug-likeness (QED) is 0.582. The zero-order chi connectivity index (χ0) is 18.4. The third-order valence-electron chi connectivity index (χ3n) is 3.97. The summed E-state index contributed by atoms with van der Waals surface area (Å²) >= 11 is 0. The molecule has 25 heavy (non-hydrogen) atoms. The second-order valence-electron chi connectivity index (χ2n) is 6.16. The largest absolute Gasteiger partial charge is 0.481 e. The maximum atomic E-state index is 12.5. The number of aliphatic carboxylic acids is 1. The summed E-state index contributed by atoms with van der Waals surface area (Å²) in [5.41, 5.74) is 1.90. The molecule has 0 bridgehead atoms. The van der Waals surface area contributed by atoms with Crippen LogP contribution in [0.5, 0.6) is 0 Å². The fraction of sp³-hybridized carbons (Fsp3) is 0.389. The number of carbonyl (C=O) groups is 3. The van der Waals surface area contributed by atoms with Crippen LogP contribution in [0.4, 0.5) is 0 Å². The number of hydrogen-bond acceptors (Lipinski definition) is 3.